The largest absolute Gasteiger partial charge is 0.367 e. The standard InChI is InChI=1S/C26H40FN7O2/c1-28-5-7-30-16-32-26(36)22-13-19(18-3-4-18)20-15-24(23(27)14-21(20)25(22)35)34-11-9-33(10-12-34)17-31-8-6-29-2/h13-15,18-19,28-31H,3-12,16-17H2,1-2H3,(H,32,36). The summed E-state index contributed by atoms with van der Waals surface area (Å²) in [6.07, 6.45) is 3.93. The predicted molar refractivity (Wildman–Crippen MR) is 140 cm³/mol. The van der Waals surface area contributed by atoms with Crippen molar-refractivity contribution in [3.8, 4) is 0 Å². The summed E-state index contributed by atoms with van der Waals surface area (Å²) >= 11 is 0. The number of fused-ring (bicyclic) bond motifs is 1. The van der Waals surface area contributed by atoms with Crippen molar-refractivity contribution in [2.75, 3.05) is 84.7 Å². The van der Waals surface area contributed by atoms with Gasteiger partial charge in [0.1, 0.15) is 5.82 Å². The predicted octanol–water partition coefficient (Wildman–Crippen LogP) is 0.213. The minimum absolute atomic E-state index is 0.0345. The molecule has 36 heavy (non-hydrogen) atoms. The molecule has 1 aromatic rings. The second-order valence-electron chi connectivity index (χ2n) is 9.82. The number of hydrogen-bond acceptors (Lipinski definition) is 8. The third-order valence-corrected chi connectivity index (χ3v) is 7.21. The number of anilines is 1. The van der Waals surface area contributed by atoms with E-state index < -0.39 is 17.5 Å². The van der Waals surface area contributed by atoms with Gasteiger partial charge in [0.2, 0.25) is 0 Å². The lowest BCUT2D eigenvalue weighted by Gasteiger charge is -2.37. The van der Waals surface area contributed by atoms with Gasteiger partial charge < -0.3 is 26.2 Å². The van der Waals surface area contributed by atoms with Gasteiger partial charge in [-0.25, -0.2) is 4.39 Å². The fourth-order valence-electron chi connectivity index (χ4n) is 4.94. The number of hydrogen-bond donors (Lipinski definition) is 5. The Morgan fingerprint density at radius 2 is 1.69 bits per heavy atom. The van der Waals surface area contributed by atoms with E-state index in [-0.39, 0.29) is 18.2 Å². The molecule has 2 fully saturated rings. The summed E-state index contributed by atoms with van der Waals surface area (Å²) in [5.41, 5.74) is 1.88. The molecule has 1 atom stereocenters. The van der Waals surface area contributed by atoms with Crippen LogP contribution in [0, 0.1) is 11.7 Å². The van der Waals surface area contributed by atoms with Gasteiger partial charge in [-0.15, -0.1) is 0 Å². The van der Waals surface area contributed by atoms with E-state index in [1.165, 1.54) is 6.07 Å². The molecule has 1 saturated carbocycles. The first-order chi connectivity index (χ1) is 17.5. The molecule has 2 aliphatic carbocycles. The second kappa shape index (κ2) is 12.7. The Hall–Kier alpha value is -2.37. The highest BCUT2D eigenvalue weighted by molar-refractivity contribution is 6.27. The number of Topliss-reactive ketones (excluding diaryl/α,β-unsaturated/α-hetero) is 1. The lowest BCUT2D eigenvalue weighted by atomic mass is 9.80. The van der Waals surface area contributed by atoms with E-state index in [4.69, 9.17) is 0 Å². The Morgan fingerprint density at radius 3 is 2.36 bits per heavy atom. The van der Waals surface area contributed by atoms with E-state index in [1.807, 2.05) is 26.2 Å². The Labute approximate surface area is 213 Å². The number of nitrogens with one attached hydrogen (secondary N) is 5. The summed E-state index contributed by atoms with van der Waals surface area (Å²) in [5.74, 6) is -0.831. The van der Waals surface area contributed by atoms with Gasteiger partial charge in [-0.05, 0) is 50.6 Å². The number of likely N-dealkylation sites (N-methyl/N-ethyl adjacent to an activating group) is 2. The molecule has 1 saturated heterocycles. The summed E-state index contributed by atoms with van der Waals surface area (Å²) in [5, 5.41) is 15.4. The van der Waals surface area contributed by atoms with Crippen LogP contribution in [-0.2, 0) is 4.79 Å². The number of rotatable bonds is 13. The van der Waals surface area contributed by atoms with Crippen molar-refractivity contribution < 1.29 is 14.0 Å². The minimum atomic E-state index is -0.405. The van der Waals surface area contributed by atoms with Gasteiger partial charge in [0.15, 0.2) is 5.78 Å². The van der Waals surface area contributed by atoms with Gasteiger partial charge in [0, 0.05) is 70.5 Å². The van der Waals surface area contributed by atoms with E-state index in [0.29, 0.717) is 23.7 Å². The number of ketones is 1. The van der Waals surface area contributed by atoms with Gasteiger partial charge in [-0.2, -0.15) is 0 Å². The topological polar surface area (TPSA) is 101 Å². The average Bonchev–Trinajstić information content (AvgIpc) is 3.72. The van der Waals surface area contributed by atoms with Crippen molar-refractivity contribution in [2.24, 2.45) is 5.92 Å². The van der Waals surface area contributed by atoms with Crippen molar-refractivity contribution >= 4 is 17.4 Å². The number of carbonyl (C=O) groups excluding carboxylic acids is 2. The van der Waals surface area contributed by atoms with Crippen LogP contribution in [0.1, 0.15) is 34.7 Å². The molecular weight excluding hydrogens is 461 g/mol. The fourth-order valence-corrected chi connectivity index (χ4v) is 4.94. The molecule has 9 nitrogen and oxygen atoms in total. The van der Waals surface area contributed by atoms with Crippen molar-refractivity contribution in [1.82, 2.24) is 31.5 Å². The minimum Gasteiger partial charge on any atom is -0.367 e. The SMILES string of the molecule is CNCCNCNC(=O)C1=CC(C2CC2)c2cc(N3CCN(CNCCNC)CC3)c(F)cc2C1=O. The monoisotopic (exact) mass is 501 g/mol. The molecule has 1 amide bonds. The number of allylic oxidation sites excluding steroid dienone is 1. The summed E-state index contributed by atoms with van der Waals surface area (Å²) in [6.45, 7) is 7.56. The number of halogens is 1. The zero-order chi connectivity index (χ0) is 25.5. The van der Waals surface area contributed by atoms with Crippen molar-refractivity contribution in [1.29, 1.82) is 0 Å². The molecule has 4 rings (SSSR count). The number of nitrogens with zero attached hydrogens (tertiary/aromatic N) is 2. The number of carbonyl (C=O) groups is 2. The number of amides is 1. The highest BCUT2D eigenvalue weighted by Gasteiger charge is 2.39. The average molecular weight is 502 g/mol. The first-order valence-electron chi connectivity index (χ1n) is 13.1. The van der Waals surface area contributed by atoms with Crippen LogP contribution in [0.15, 0.2) is 23.8 Å². The van der Waals surface area contributed by atoms with Crippen LogP contribution in [0.5, 0.6) is 0 Å². The van der Waals surface area contributed by atoms with Crippen LogP contribution < -0.4 is 31.5 Å². The second-order valence-corrected chi connectivity index (χ2v) is 9.82. The van der Waals surface area contributed by atoms with Crippen LogP contribution in [0.25, 0.3) is 0 Å². The summed E-state index contributed by atoms with van der Waals surface area (Å²) in [6, 6.07) is 3.23. The smallest absolute Gasteiger partial charge is 0.255 e. The van der Waals surface area contributed by atoms with Crippen LogP contribution in [0.3, 0.4) is 0 Å². The van der Waals surface area contributed by atoms with Crippen LogP contribution in [0.2, 0.25) is 0 Å². The maximum absolute atomic E-state index is 15.4. The van der Waals surface area contributed by atoms with Crippen molar-refractivity contribution in [2.45, 2.75) is 18.8 Å². The van der Waals surface area contributed by atoms with E-state index >= 15 is 4.39 Å². The molecule has 198 valence electrons. The highest BCUT2D eigenvalue weighted by atomic mass is 19.1. The molecule has 0 spiro atoms. The molecule has 5 N–H and O–H groups in total. The Balaban J connectivity index is 1.44. The quantitative estimate of drug-likeness (QED) is 0.149. The van der Waals surface area contributed by atoms with Gasteiger partial charge in [0.05, 0.1) is 17.9 Å². The third-order valence-electron chi connectivity index (χ3n) is 7.21. The fraction of sp³-hybridized carbons (Fsp3) is 0.615. The molecule has 0 aromatic heterocycles. The van der Waals surface area contributed by atoms with Crippen LogP contribution in [0.4, 0.5) is 10.1 Å². The molecule has 0 bridgehead atoms. The van der Waals surface area contributed by atoms with Gasteiger partial charge in [0.25, 0.3) is 5.91 Å². The lowest BCUT2D eigenvalue weighted by Crippen LogP contribution is -2.50. The Bertz CT molecular complexity index is 958. The maximum Gasteiger partial charge on any atom is 0.255 e. The van der Waals surface area contributed by atoms with Gasteiger partial charge in [-0.1, -0.05) is 6.08 Å². The Morgan fingerprint density at radius 1 is 1.00 bits per heavy atom. The van der Waals surface area contributed by atoms with Gasteiger partial charge >= 0.3 is 0 Å². The molecule has 1 aromatic carbocycles. The normalized spacial score (nSPS) is 20.3. The Kier molecular flexibility index (Phi) is 9.44. The highest BCUT2D eigenvalue weighted by Crippen LogP contribution is 2.48. The zero-order valence-corrected chi connectivity index (χ0v) is 21.5. The first-order valence-corrected chi connectivity index (χ1v) is 13.1. The lowest BCUT2D eigenvalue weighted by molar-refractivity contribution is -0.117. The molecule has 0 radical (unpaired) electrons. The van der Waals surface area contributed by atoms with E-state index in [9.17, 15) is 9.59 Å². The first kappa shape index (κ1) is 26.7. The molecule has 1 heterocycles. The third kappa shape index (κ3) is 6.49. The van der Waals surface area contributed by atoms with E-state index in [0.717, 1.165) is 70.9 Å². The summed E-state index contributed by atoms with van der Waals surface area (Å²) in [7, 11) is 3.79. The van der Waals surface area contributed by atoms with E-state index in [2.05, 4.69) is 36.4 Å². The van der Waals surface area contributed by atoms with Crippen LogP contribution in [-0.4, -0.2) is 96.4 Å². The van der Waals surface area contributed by atoms with Crippen molar-refractivity contribution in [3.05, 3.63) is 40.7 Å². The molecule has 10 heteroatoms. The summed E-state index contributed by atoms with van der Waals surface area (Å²) in [4.78, 5) is 30.5. The summed E-state index contributed by atoms with van der Waals surface area (Å²) < 4.78 is 15.4. The maximum atomic E-state index is 15.4. The molecular formula is C26H40FN7O2. The van der Waals surface area contributed by atoms with Crippen molar-refractivity contribution in [3.63, 3.8) is 0 Å². The molecule has 1 aliphatic heterocycles. The van der Waals surface area contributed by atoms with Gasteiger partial charge in [-0.3, -0.25) is 19.8 Å². The molecule has 1 unspecified atom stereocenters. The number of benzene rings is 1. The zero-order valence-electron chi connectivity index (χ0n) is 21.5. The van der Waals surface area contributed by atoms with E-state index in [1.54, 1.807) is 0 Å². The van der Waals surface area contributed by atoms with Crippen LogP contribution >= 0.6 is 0 Å². The molecule has 3 aliphatic rings. The number of piperazine rings is 1.